The van der Waals surface area contributed by atoms with Crippen LogP contribution in [0.1, 0.15) is 7.43 Å². The highest BCUT2D eigenvalue weighted by Crippen LogP contribution is 0.648. The highest BCUT2D eigenvalue weighted by Gasteiger charge is -0.0148. The SMILES string of the molecule is C.O.S.[SiH4]. The summed E-state index contributed by atoms with van der Waals surface area (Å²) in [5.41, 5.74) is 0. The van der Waals surface area contributed by atoms with Gasteiger partial charge in [0, 0.05) is 0 Å². The van der Waals surface area contributed by atoms with Gasteiger partial charge in [0.05, 0.1) is 0 Å². The van der Waals surface area contributed by atoms with Crippen LogP contribution in [0.4, 0.5) is 0 Å². The van der Waals surface area contributed by atoms with Crippen LogP contribution in [0.3, 0.4) is 0 Å². The van der Waals surface area contributed by atoms with E-state index in [4.69, 9.17) is 0 Å². The predicted octanol–water partition coefficient (Wildman–Crippen LogP) is -1.53. The quantitative estimate of drug-likeness (QED) is 0.331. The minimum absolute atomic E-state index is 0. The van der Waals surface area contributed by atoms with Gasteiger partial charge in [-0.05, 0) is 11.0 Å². The van der Waals surface area contributed by atoms with Crippen LogP contribution in [0.25, 0.3) is 0 Å². The zero-order valence-corrected chi connectivity index (χ0v) is 2.00. The second kappa shape index (κ2) is 81.1. The fourth-order valence-corrected chi connectivity index (χ4v) is 0. The number of hydrogen-bond acceptors (Lipinski definition) is 0. The van der Waals surface area contributed by atoms with E-state index in [2.05, 4.69) is 0 Å². The lowest BCUT2D eigenvalue weighted by Crippen LogP contribution is -0.381. The number of hydrogen-bond donors (Lipinski definition) is 0. The lowest BCUT2D eigenvalue weighted by molar-refractivity contribution is 0.824. The van der Waals surface area contributed by atoms with Gasteiger partial charge in [0.25, 0.3) is 0 Å². The molecule has 0 saturated heterocycles. The highest BCUT2D eigenvalue weighted by atomic mass is 32.1. The maximum Gasteiger partial charge on any atom is -0.0149 e. The summed E-state index contributed by atoms with van der Waals surface area (Å²) in [6.07, 6.45) is 0. The molecule has 1 nitrogen and oxygen atoms in total. The summed E-state index contributed by atoms with van der Waals surface area (Å²) in [5, 5.41) is 0. The zero-order chi connectivity index (χ0) is 0. The molecule has 0 amide bonds. The summed E-state index contributed by atoms with van der Waals surface area (Å²) in [6.45, 7) is 0. The molecule has 0 aliphatic carbocycles. The smallest absolute Gasteiger partial charge is 0.0149 e. The number of rotatable bonds is 0. The molecule has 32 valence electrons. The minimum Gasteiger partial charge on any atom is -0.412 e. The Labute approximate surface area is 38.2 Å². The van der Waals surface area contributed by atoms with Crippen molar-refractivity contribution >= 4 is 24.5 Å². The Kier molecular flexibility index (Phi) is 4110. The fourth-order valence-electron chi connectivity index (χ4n) is 0. The first-order valence-corrected chi connectivity index (χ1v) is 0. The van der Waals surface area contributed by atoms with Gasteiger partial charge in [-0.2, -0.15) is 13.5 Å². The summed E-state index contributed by atoms with van der Waals surface area (Å²) in [5.74, 6) is 0. The molecule has 0 atom stereocenters. The highest BCUT2D eigenvalue weighted by molar-refractivity contribution is 7.59. The molecule has 0 saturated carbocycles. The van der Waals surface area contributed by atoms with E-state index in [9.17, 15) is 0 Å². The van der Waals surface area contributed by atoms with Crippen molar-refractivity contribution in [3.05, 3.63) is 0 Å². The van der Waals surface area contributed by atoms with Gasteiger partial charge in [-0.15, -0.1) is 0 Å². The molecule has 0 aromatic heterocycles. The van der Waals surface area contributed by atoms with E-state index in [1.165, 1.54) is 0 Å². The van der Waals surface area contributed by atoms with Crippen molar-refractivity contribution in [2.45, 2.75) is 7.43 Å². The van der Waals surface area contributed by atoms with Crippen molar-refractivity contribution in [1.29, 1.82) is 0 Å². The summed E-state index contributed by atoms with van der Waals surface area (Å²) in [7, 11) is 0. The van der Waals surface area contributed by atoms with Crippen molar-refractivity contribution < 1.29 is 5.48 Å². The monoisotopic (exact) mass is 100 g/mol. The Morgan fingerprint density at radius 3 is 1.00 bits per heavy atom. The van der Waals surface area contributed by atoms with Gasteiger partial charge < -0.3 is 5.48 Å². The Balaban J connectivity index is 0. The Morgan fingerprint density at radius 2 is 1.00 bits per heavy atom. The van der Waals surface area contributed by atoms with Crippen LogP contribution in [0, 0.1) is 0 Å². The van der Waals surface area contributed by atoms with Gasteiger partial charge in [0.15, 0.2) is 0 Å². The van der Waals surface area contributed by atoms with Crippen LogP contribution in [0.15, 0.2) is 0 Å². The molecule has 0 aliphatic rings. The summed E-state index contributed by atoms with van der Waals surface area (Å²) in [4.78, 5) is 0. The van der Waals surface area contributed by atoms with Crippen LogP contribution in [0.5, 0.6) is 0 Å². The Morgan fingerprint density at radius 1 is 1.00 bits per heavy atom. The molecule has 2 N–H and O–H groups in total. The summed E-state index contributed by atoms with van der Waals surface area (Å²) >= 11 is 0. The average molecular weight is 100 g/mol. The van der Waals surface area contributed by atoms with Gasteiger partial charge in [0.2, 0.25) is 0 Å². The normalized spacial score (nSPS) is 0. The molecule has 0 spiro atoms. The second-order valence-corrected chi connectivity index (χ2v) is 0. The Hall–Kier alpha value is 0.527. The van der Waals surface area contributed by atoms with Crippen LogP contribution < -0.4 is 0 Å². The van der Waals surface area contributed by atoms with E-state index in [0.717, 1.165) is 0 Å². The molecule has 0 aliphatic heterocycles. The molecule has 0 bridgehead atoms. The third-order valence-corrected chi connectivity index (χ3v) is 0. The molecule has 0 aromatic carbocycles. The van der Waals surface area contributed by atoms with Crippen molar-refractivity contribution in [2.75, 3.05) is 0 Å². The molecule has 0 rings (SSSR count). The third kappa shape index (κ3) is 21.2. The molecular weight excluding hydrogens is 88.2 g/mol. The van der Waals surface area contributed by atoms with E-state index < -0.39 is 0 Å². The average Bonchev–Trinajstić information content (AvgIpc) is 0. The maximum atomic E-state index is 0. The molecule has 4 heavy (non-hydrogen) atoms. The van der Waals surface area contributed by atoms with Crippen LogP contribution in [0.2, 0.25) is 0 Å². The third-order valence-electron chi connectivity index (χ3n) is 0. The van der Waals surface area contributed by atoms with Crippen molar-refractivity contribution in [3.63, 3.8) is 0 Å². The first-order valence-electron chi connectivity index (χ1n) is 0. The van der Waals surface area contributed by atoms with Gasteiger partial charge in [-0.1, -0.05) is 7.43 Å². The molecule has 3 heteroatoms. The van der Waals surface area contributed by atoms with Gasteiger partial charge in [-0.25, -0.2) is 0 Å². The van der Waals surface area contributed by atoms with Crippen molar-refractivity contribution in [1.82, 2.24) is 0 Å². The lowest BCUT2D eigenvalue weighted by atomic mass is 12.0. The molecule has 0 fully saturated rings. The standard InChI is InChI=1S/CH4.H2O.H2S.H4Si/h1H4;2*1H2;1H4. The van der Waals surface area contributed by atoms with E-state index in [1.807, 2.05) is 0 Å². The fraction of sp³-hybridized carbons (Fsp3) is 1.00. The summed E-state index contributed by atoms with van der Waals surface area (Å²) < 4.78 is 0. The topological polar surface area (TPSA) is 31.5 Å². The first kappa shape index (κ1) is 203. The van der Waals surface area contributed by atoms with Gasteiger partial charge in [-0.3, -0.25) is 0 Å². The largest absolute Gasteiger partial charge is 0.412 e. The van der Waals surface area contributed by atoms with Crippen molar-refractivity contribution in [3.8, 4) is 0 Å². The Bertz CT molecular complexity index is 8.00. The molecule has 0 radical (unpaired) electrons. The van der Waals surface area contributed by atoms with Crippen molar-refractivity contribution in [2.24, 2.45) is 0 Å². The molecule has 0 unspecified atom stereocenters. The maximum absolute atomic E-state index is 0. The zero-order valence-electron chi connectivity index (χ0n) is 1.00. The predicted molar refractivity (Wildman–Crippen MR) is 32.1 cm³/mol. The molecular formula is CH12OSSi. The van der Waals surface area contributed by atoms with E-state index in [-0.39, 0.29) is 37.4 Å². The lowest BCUT2D eigenvalue weighted by Gasteiger charge is -0.412. The first-order chi connectivity index (χ1) is 0. The molecule has 0 heterocycles. The van der Waals surface area contributed by atoms with E-state index >= 15 is 0 Å². The van der Waals surface area contributed by atoms with Crippen LogP contribution in [-0.4, -0.2) is 16.4 Å². The second-order valence-electron chi connectivity index (χ2n) is 0. The minimum atomic E-state index is 0. The van der Waals surface area contributed by atoms with Gasteiger partial charge >= 0.3 is 0 Å². The summed E-state index contributed by atoms with van der Waals surface area (Å²) in [6, 6.07) is 0. The van der Waals surface area contributed by atoms with Crippen LogP contribution >= 0.6 is 13.5 Å². The van der Waals surface area contributed by atoms with E-state index in [0.29, 0.717) is 0 Å². The molecule has 0 aromatic rings. The van der Waals surface area contributed by atoms with E-state index in [1.54, 1.807) is 0 Å². The van der Waals surface area contributed by atoms with Gasteiger partial charge in [0.1, 0.15) is 0 Å². The van der Waals surface area contributed by atoms with Crippen LogP contribution in [-0.2, 0) is 0 Å².